The van der Waals surface area contributed by atoms with Crippen LogP contribution in [-0.2, 0) is 16.6 Å². The number of amides is 1. The number of hydrogen-bond acceptors (Lipinski definition) is 4. The van der Waals surface area contributed by atoms with E-state index < -0.39 is 0 Å². The maximum atomic E-state index is 13.0. The molecule has 1 saturated heterocycles. The smallest absolute Gasteiger partial charge is 0.235 e. The number of benzene rings is 2. The van der Waals surface area contributed by atoms with Crippen LogP contribution < -0.4 is 5.32 Å². The Balaban J connectivity index is 1.03. The number of carbonyl (C=O) groups excluding carboxylic acids is 2. The van der Waals surface area contributed by atoms with Crippen LogP contribution in [0.5, 0.6) is 0 Å². The molecule has 0 bridgehead atoms. The molecular formula is C30H37N3O2. The Kier molecular flexibility index (Phi) is 6.23. The van der Waals surface area contributed by atoms with Gasteiger partial charge in [-0.1, -0.05) is 42.8 Å². The summed E-state index contributed by atoms with van der Waals surface area (Å²) in [6, 6.07) is 15.0. The van der Waals surface area contributed by atoms with Crippen molar-refractivity contribution in [2.24, 2.45) is 0 Å². The Hall–Kier alpha value is -2.50. The van der Waals surface area contributed by atoms with Crippen molar-refractivity contribution in [3.05, 3.63) is 64.7 Å². The number of hydrogen-bond donors (Lipinski definition) is 1. The molecule has 2 unspecified atom stereocenters. The molecule has 2 aliphatic carbocycles. The van der Waals surface area contributed by atoms with Crippen molar-refractivity contribution in [2.75, 3.05) is 38.0 Å². The fourth-order valence-electron chi connectivity index (χ4n) is 7.24. The van der Waals surface area contributed by atoms with Crippen LogP contribution in [0.15, 0.2) is 42.5 Å². The minimum Gasteiger partial charge on any atom is -0.325 e. The van der Waals surface area contributed by atoms with Gasteiger partial charge in [0.05, 0.1) is 5.41 Å². The molecule has 2 atom stereocenters. The van der Waals surface area contributed by atoms with Gasteiger partial charge >= 0.3 is 0 Å². The SMILES string of the molecule is O=C1CCCC(N2CCN(CCCCC34CCCc5cccc(c53)NC4=O)CC2)c2ccccc21. The second kappa shape index (κ2) is 9.51. The van der Waals surface area contributed by atoms with Crippen molar-refractivity contribution in [2.45, 2.75) is 69.2 Å². The highest BCUT2D eigenvalue weighted by atomic mass is 16.2. The highest BCUT2D eigenvalue weighted by molar-refractivity contribution is 6.07. The number of aryl methyl sites for hydroxylation is 1. The van der Waals surface area contributed by atoms with Gasteiger partial charge in [0.15, 0.2) is 5.78 Å². The van der Waals surface area contributed by atoms with E-state index in [1.54, 1.807) is 0 Å². The zero-order valence-corrected chi connectivity index (χ0v) is 20.7. The van der Waals surface area contributed by atoms with Crippen molar-refractivity contribution in [1.82, 2.24) is 9.80 Å². The summed E-state index contributed by atoms with van der Waals surface area (Å²) >= 11 is 0. The maximum absolute atomic E-state index is 13.0. The molecule has 0 saturated carbocycles. The lowest BCUT2D eigenvalue weighted by atomic mass is 9.68. The molecule has 2 heterocycles. The van der Waals surface area contributed by atoms with Gasteiger partial charge in [-0.15, -0.1) is 0 Å². The number of anilines is 1. The van der Waals surface area contributed by atoms with Gasteiger partial charge in [0.2, 0.25) is 5.91 Å². The average Bonchev–Trinajstić information content (AvgIpc) is 3.06. The van der Waals surface area contributed by atoms with Gasteiger partial charge in [0, 0.05) is 49.9 Å². The summed E-state index contributed by atoms with van der Waals surface area (Å²) in [5.41, 5.74) is 5.65. The van der Waals surface area contributed by atoms with Crippen LogP contribution in [0.1, 0.15) is 84.5 Å². The van der Waals surface area contributed by atoms with Crippen LogP contribution in [0.4, 0.5) is 5.69 Å². The molecule has 2 aliphatic heterocycles. The number of carbonyl (C=O) groups is 2. The first kappa shape index (κ1) is 22.9. The summed E-state index contributed by atoms with van der Waals surface area (Å²) in [7, 11) is 0. The highest BCUT2D eigenvalue weighted by Gasteiger charge is 2.48. The van der Waals surface area contributed by atoms with Gasteiger partial charge in [-0.25, -0.2) is 0 Å². The molecule has 4 aliphatic rings. The van der Waals surface area contributed by atoms with E-state index in [2.05, 4.69) is 45.4 Å². The third-order valence-corrected chi connectivity index (χ3v) is 9.04. The van der Waals surface area contributed by atoms with E-state index in [-0.39, 0.29) is 11.3 Å². The summed E-state index contributed by atoms with van der Waals surface area (Å²) in [4.78, 5) is 30.8. The lowest BCUT2D eigenvalue weighted by Crippen LogP contribution is -2.47. The zero-order chi connectivity index (χ0) is 23.8. The molecule has 35 heavy (non-hydrogen) atoms. The number of ketones is 1. The Morgan fingerprint density at radius 1 is 0.914 bits per heavy atom. The minimum atomic E-state index is -0.285. The van der Waals surface area contributed by atoms with Gasteiger partial charge < -0.3 is 10.2 Å². The summed E-state index contributed by atoms with van der Waals surface area (Å²) in [6.07, 6.45) is 9.16. The fourth-order valence-corrected chi connectivity index (χ4v) is 7.24. The number of fused-ring (bicyclic) bond motifs is 1. The van der Waals surface area contributed by atoms with Gasteiger partial charge in [0.1, 0.15) is 0 Å². The van der Waals surface area contributed by atoms with E-state index >= 15 is 0 Å². The van der Waals surface area contributed by atoms with E-state index in [9.17, 15) is 9.59 Å². The molecule has 5 heteroatoms. The van der Waals surface area contributed by atoms with E-state index in [1.165, 1.54) is 16.7 Å². The van der Waals surface area contributed by atoms with Crippen molar-refractivity contribution in [3.8, 4) is 0 Å². The lowest BCUT2D eigenvalue weighted by Gasteiger charge is -2.40. The quantitative estimate of drug-likeness (QED) is 0.470. The van der Waals surface area contributed by atoms with E-state index in [1.807, 2.05) is 12.1 Å². The van der Waals surface area contributed by atoms with Crippen LogP contribution >= 0.6 is 0 Å². The van der Waals surface area contributed by atoms with Crippen LogP contribution in [0.2, 0.25) is 0 Å². The first-order valence-corrected chi connectivity index (χ1v) is 13.7. The minimum absolute atomic E-state index is 0.232. The number of Topliss-reactive ketones (excluding diaryl/α,β-unsaturated/α-hetero) is 1. The van der Waals surface area contributed by atoms with Crippen molar-refractivity contribution < 1.29 is 9.59 Å². The second-order valence-electron chi connectivity index (χ2n) is 11.0. The fraction of sp³-hybridized carbons (Fsp3) is 0.533. The van der Waals surface area contributed by atoms with Gasteiger partial charge in [0.25, 0.3) is 0 Å². The molecule has 2 aromatic carbocycles. The summed E-state index contributed by atoms with van der Waals surface area (Å²) in [6.45, 7) is 5.42. The molecule has 1 amide bonds. The molecule has 0 aromatic heterocycles. The largest absolute Gasteiger partial charge is 0.325 e. The standard InChI is InChI=1S/C30H37N3O2/c34-27-14-6-13-26(23-10-1-2-11-24(23)27)33-20-18-32(19-21-33)17-4-3-15-30-16-7-9-22-8-5-12-25(28(22)30)31-29(30)35/h1-2,5,8,10-12,26H,3-4,6-7,9,13-21H2,(H,31,35). The van der Waals surface area contributed by atoms with E-state index in [4.69, 9.17) is 0 Å². The molecule has 5 nitrogen and oxygen atoms in total. The van der Waals surface area contributed by atoms with E-state index in [0.717, 1.165) is 95.3 Å². The Labute approximate surface area is 208 Å². The number of piperazine rings is 1. The van der Waals surface area contributed by atoms with Crippen LogP contribution in [-0.4, -0.2) is 54.2 Å². The molecule has 2 aromatic rings. The Morgan fingerprint density at radius 3 is 2.66 bits per heavy atom. The molecule has 1 fully saturated rings. The highest BCUT2D eigenvalue weighted by Crippen LogP contribution is 2.49. The second-order valence-corrected chi connectivity index (χ2v) is 11.0. The van der Waals surface area contributed by atoms with Crippen LogP contribution in [0.25, 0.3) is 0 Å². The summed E-state index contributed by atoms with van der Waals surface area (Å²) in [5.74, 6) is 0.542. The van der Waals surface area contributed by atoms with Gasteiger partial charge in [-0.3, -0.25) is 14.5 Å². The number of nitrogens with one attached hydrogen (secondary N) is 1. The molecular weight excluding hydrogens is 434 g/mol. The third-order valence-electron chi connectivity index (χ3n) is 9.04. The van der Waals surface area contributed by atoms with Gasteiger partial charge in [-0.05, 0) is 74.2 Å². The van der Waals surface area contributed by atoms with Crippen molar-refractivity contribution >= 4 is 17.4 Å². The zero-order valence-electron chi connectivity index (χ0n) is 20.7. The number of rotatable bonds is 6. The number of unbranched alkanes of at least 4 members (excludes halogenated alkanes) is 1. The average molecular weight is 472 g/mol. The van der Waals surface area contributed by atoms with Crippen LogP contribution in [0.3, 0.4) is 0 Å². The predicted molar refractivity (Wildman–Crippen MR) is 139 cm³/mol. The first-order valence-electron chi connectivity index (χ1n) is 13.7. The normalized spacial score (nSPS) is 26.7. The Morgan fingerprint density at radius 2 is 1.77 bits per heavy atom. The van der Waals surface area contributed by atoms with Crippen LogP contribution in [0, 0.1) is 0 Å². The summed E-state index contributed by atoms with van der Waals surface area (Å²) < 4.78 is 0. The first-order chi connectivity index (χ1) is 17.2. The summed E-state index contributed by atoms with van der Waals surface area (Å²) in [5, 5.41) is 3.18. The lowest BCUT2D eigenvalue weighted by molar-refractivity contribution is -0.121. The van der Waals surface area contributed by atoms with Crippen molar-refractivity contribution in [3.63, 3.8) is 0 Å². The third kappa shape index (κ3) is 4.13. The monoisotopic (exact) mass is 471 g/mol. The molecule has 0 radical (unpaired) electrons. The number of nitrogens with zero attached hydrogens (tertiary/aromatic N) is 2. The Bertz CT molecular complexity index is 1120. The molecule has 6 rings (SSSR count). The van der Waals surface area contributed by atoms with Crippen molar-refractivity contribution in [1.29, 1.82) is 0 Å². The molecule has 1 N–H and O–H groups in total. The maximum Gasteiger partial charge on any atom is 0.235 e. The molecule has 0 spiro atoms. The van der Waals surface area contributed by atoms with Gasteiger partial charge in [-0.2, -0.15) is 0 Å². The topological polar surface area (TPSA) is 52.7 Å². The van der Waals surface area contributed by atoms with E-state index in [0.29, 0.717) is 18.2 Å². The molecule has 184 valence electrons. The predicted octanol–water partition coefficient (Wildman–Crippen LogP) is 5.11.